The average molecular weight is 277 g/mol. The summed E-state index contributed by atoms with van der Waals surface area (Å²) in [5.41, 5.74) is 0. The molecular weight excluding hydrogens is 244 g/mol. The lowest BCUT2D eigenvalue weighted by Gasteiger charge is -2.21. The Morgan fingerprint density at radius 3 is 1.76 bits per heavy atom. The van der Waals surface area contributed by atoms with E-state index in [2.05, 4.69) is 32.6 Å². The Bertz CT molecular complexity index is 162. The van der Waals surface area contributed by atoms with E-state index in [1.165, 1.54) is 57.4 Å². The molecule has 0 fully saturated rings. The van der Waals surface area contributed by atoms with E-state index >= 15 is 0 Å². The molecular formula is C14H32OSSi. The zero-order chi connectivity index (χ0) is 13.0. The van der Waals surface area contributed by atoms with Gasteiger partial charge in [-0.05, 0) is 38.2 Å². The van der Waals surface area contributed by atoms with Crippen LogP contribution >= 0.6 is 12.6 Å². The van der Waals surface area contributed by atoms with Crippen molar-refractivity contribution in [2.24, 2.45) is 0 Å². The molecule has 0 N–H and O–H groups in total. The van der Waals surface area contributed by atoms with Gasteiger partial charge in [-0.2, -0.15) is 12.6 Å². The first-order valence-electron chi connectivity index (χ1n) is 7.37. The molecule has 0 amide bonds. The van der Waals surface area contributed by atoms with Gasteiger partial charge >= 0.3 is 0 Å². The average Bonchev–Trinajstić information content (AvgIpc) is 2.27. The lowest BCUT2D eigenvalue weighted by atomic mass is 10.1. The van der Waals surface area contributed by atoms with E-state index in [9.17, 15) is 0 Å². The summed E-state index contributed by atoms with van der Waals surface area (Å²) in [5.74, 6) is 1.05. The maximum Gasteiger partial charge on any atom is 0.186 e. The monoisotopic (exact) mass is 276 g/mol. The van der Waals surface area contributed by atoms with Gasteiger partial charge in [0.15, 0.2) is 8.32 Å². The summed E-state index contributed by atoms with van der Waals surface area (Å²) in [6.07, 6.45) is 11.1. The molecule has 0 saturated heterocycles. The molecule has 0 aliphatic heterocycles. The first kappa shape index (κ1) is 17.5. The van der Waals surface area contributed by atoms with Crippen molar-refractivity contribution >= 4 is 20.9 Å². The third-order valence-corrected chi connectivity index (χ3v) is 6.17. The van der Waals surface area contributed by atoms with Crippen molar-refractivity contribution in [2.45, 2.75) is 77.4 Å². The van der Waals surface area contributed by atoms with Crippen molar-refractivity contribution in [1.82, 2.24) is 0 Å². The summed E-state index contributed by atoms with van der Waals surface area (Å²) < 4.78 is 5.83. The summed E-state index contributed by atoms with van der Waals surface area (Å²) in [6.45, 7) is 7.69. The topological polar surface area (TPSA) is 9.23 Å². The number of hydrogen-bond donors (Lipinski definition) is 1. The normalized spacial score (nSPS) is 12.0. The lowest BCUT2D eigenvalue weighted by molar-refractivity contribution is 0.327. The summed E-state index contributed by atoms with van der Waals surface area (Å²) in [4.78, 5) is 0. The highest BCUT2D eigenvalue weighted by Gasteiger charge is 2.20. The largest absolute Gasteiger partial charge is 0.418 e. The highest BCUT2D eigenvalue weighted by molar-refractivity contribution is 7.80. The maximum atomic E-state index is 5.83. The van der Waals surface area contributed by atoms with Crippen LogP contribution in [-0.4, -0.2) is 20.7 Å². The van der Waals surface area contributed by atoms with E-state index in [1.54, 1.807) is 0 Å². The van der Waals surface area contributed by atoms with E-state index < -0.39 is 8.32 Å². The van der Waals surface area contributed by atoms with Crippen molar-refractivity contribution in [1.29, 1.82) is 0 Å². The van der Waals surface area contributed by atoms with Gasteiger partial charge < -0.3 is 4.43 Å². The molecule has 0 saturated carbocycles. The highest BCUT2D eigenvalue weighted by Crippen LogP contribution is 2.17. The predicted molar refractivity (Wildman–Crippen MR) is 84.7 cm³/mol. The Hall–Kier alpha value is 0.527. The quantitative estimate of drug-likeness (QED) is 0.290. The van der Waals surface area contributed by atoms with Gasteiger partial charge in [0.2, 0.25) is 0 Å². The van der Waals surface area contributed by atoms with Crippen LogP contribution in [0.25, 0.3) is 0 Å². The van der Waals surface area contributed by atoms with Crippen molar-refractivity contribution in [2.75, 3.05) is 12.4 Å². The van der Waals surface area contributed by atoms with Gasteiger partial charge in [0.1, 0.15) is 0 Å². The van der Waals surface area contributed by atoms with Gasteiger partial charge in [-0.15, -0.1) is 0 Å². The van der Waals surface area contributed by atoms with Gasteiger partial charge in [-0.3, -0.25) is 0 Å². The fraction of sp³-hybridized carbons (Fsp3) is 1.00. The van der Waals surface area contributed by atoms with Crippen molar-refractivity contribution in [3.05, 3.63) is 0 Å². The molecule has 1 nitrogen and oxygen atoms in total. The van der Waals surface area contributed by atoms with E-state index in [1.807, 2.05) is 0 Å². The molecule has 17 heavy (non-hydrogen) atoms. The van der Waals surface area contributed by atoms with E-state index in [-0.39, 0.29) is 0 Å². The maximum absolute atomic E-state index is 5.83. The first-order chi connectivity index (χ1) is 8.12. The highest BCUT2D eigenvalue weighted by atomic mass is 32.1. The summed E-state index contributed by atoms with van der Waals surface area (Å²) in [7, 11) is -1.30. The molecule has 0 aliphatic rings. The van der Waals surface area contributed by atoms with Gasteiger partial charge in [0.25, 0.3) is 0 Å². The molecule has 0 radical (unpaired) electrons. The molecule has 3 heteroatoms. The standard InChI is InChI=1S/C14H32OSSi/c1-4-15-17(2,3)14-12-10-8-6-5-7-9-11-13-16/h16H,4-14H2,1-3H3. The van der Waals surface area contributed by atoms with Crippen LogP contribution in [0.5, 0.6) is 0 Å². The summed E-state index contributed by atoms with van der Waals surface area (Å²) in [6, 6.07) is 1.33. The van der Waals surface area contributed by atoms with Crippen LogP contribution in [-0.2, 0) is 4.43 Å². The SMILES string of the molecule is CCO[Si](C)(C)CCCCCCCCCCS. The molecule has 0 aromatic heterocycles. The Morgan fingerprint density at radius 2 is 1.29 bits per heavy atom. The molecule has 0 aliphatic carbocycles. The van der Waals surface area contributed by atoms with Crippen molar-refractivity contribution in [3.8, 4) is 0 Å². The van der Waals surface area contributed by atoms with Gasteiger partial charge in [-0.25, -0.2) is 0 Å². The molecule has 0 spiro atoms. The molecule has 0 heterocycles. The number of hydrogen-bond acceptors (Lipinski definition) is 2. The summed E-state index contributed by atoms with van der Waals surface area (Å²) in [5, 5.41) is 0. The first-order valence-corrected chi connectivity index (χ1v) is 11.1. The molecule has 0 bridgehead atoms. The van der Waals surface area contributed by atoms with Crippen molar-refractivity contribution < 1.29 is 4.43 Å². The van der Waals surface area contributed by atoms with Crippen LogP contribution in [0.1, 0.15) is 58.3 Å². The molecule has 0 atom stereocenters. The predicted octanol–water partition coefficient (Wildman–Crippen LogP) is 5.28. The molecule has 0 unspecified atom stereocenters. The number of rotatable bonds is 12. The Balaban J connectivity index is 3.18. The van der Waals surface area contributed by atoms with Crippen LogP contribution in [0.3, 0.4) is 0 Å². The van der Waals surface area contributed by atoms with Crippen LogP contribution in [0, 0.1) is 0 Å². The Morgan fingerprint density at radius 1 is 0.824 bits per heavy atom. The second-order valence-corrected chi connectivity index (χ2v) is 10.3. The fourth-order valence-electron chi connectivity index (χ4n) is 2.19. The Kier molecular flexibility index (Phi) is 12.0. The molecule has 0 aromatic rings. The minimum atomic E-state index is -1.30. The van der Waals surface area contributed by atoms with Gasteiger partial charge in [0.05, 0.1) is 0 Å². The molecule has 104 valence electrons. The second kappa shape index (κ2) is 11.6. The summed E-state index contributed by atoms with van der Waals surface area (Å²) >= 11 is 4.23. The lowest BCUT2D eigenvalue weighted by Crippen LogP contribution is -2.29. The third kappa shape index (κ3) is 12.8. The fourth-order valence-corrected chi connectivity index (χ4v) is 4.44. The van der Waals surface area contributed by atoms with Crippen molar-refractivity contribution in [3.63, 3.8) is 0 Å². The minimum Gasteiger partial charge on any atom is -0.418 e. The van der Waals surface area contributed by atoms with Gasteiger partial charge in [0, 0.05) is 6.61 Å². The third-order valence-electron chi connectivity index (χ3n) is 3.22. The van der Waals surface area contributed by atoms with Crippen LogP contribution in [0.2, 0.25) is 19.1 Å². The van der Waals surface area contributed by atoms with E-state index in [0.29, 0.717) is 0 Å². The van der Waals surface area contributed by atoms with Crippen LogP contribution < -0.4 is 0 Å². The zero-order valence-corrected chi connectivity index (χ0v) is 14.0. The molecule has 0 rings (SSSR count). The van der Waals surface area contributed by atoms with E-state index in [0.717, 1.165) is 12.4 Å². The van der Waals surface area contributed by atoms with Crippen LogP contribution in [0.15, 0.2) is 0 Å². The second-order valence-electron chi connectivity index (χ2n) is 5.49. The minimum absolute atomic E-state index is 0.893. The number of unbranched alkanes of at least 4 members (excludes halogenated alkanes) is 7. The smallest absolute Gasteiger partial charge is 0.186 e. The van der Waals surface area contributed by atoms with Crippen LogP contribution in [0.4, 0.5) is 0 Å². The molecule has 0 aromatic carbocycles. The Labute approximate surface area is 115 Å². The number of thiol groups is 1. The van der Waals surface area contributed by atoms with E-state index in [4.69, 9.17) is 4.43 Å². The van der Waals surface area contributed by atoms with Gasteiger partial charge in [-0.1, -0.05) is 44.9 Å². The zero-order valence-electron chi connectivity index (χ0n) is 12.1.